The van der Waals surface area contributed by atoms with Gasteiger partial charge >= 0.3 is 102 Å². The van der Waals surface area contributed by atoms with E-state index in [-0.39, 0.29) is 0 Å². The smallest absolute Gasteiger partial charge is 0.281 e. The molecule has 0 aromatic heterocycles. The highest BCUT2D eigenvalue weighted by Gasteiger charge is 3.04. The van der Waals surface area contributed by atoms with E-state index in [1.807, 2.05) is 0 Å². The molecule has 0 bridgehead atoms. The Labute approximate surface area is 258 Å². The van der Waals surface area contributed by atoms with Crippen molar-refractivity contribution in [3.05, 3.63) is 0 Å². The highest BCUT2D eigenvalue weighted by Crippen LogP contribution is 3.06. The van der Waals surface area contributed by atoms with E-state index >= 15 is 0 Å². The Kier molecular flexibility index (Phi) is 10.2. The molecule has 52 heavy (non-hydrogen) atoms. The largest absolute Gasteiger partial charge is 0.450 e. The van der Waals surface area contributed by atoms with Crippen LogP contribution in [-0.2, 0) is 10.1 Å². The SMILES string of the molecule is O=S(=O)(O)C(F)(F)C(F)(F)C(F)(F)C(F)(F)C(F)(F)C(F)(F)C(F)(F)C(F)(F)C(F)(F)C(F)(F)C(F)(F)C(F)(F)C(F)(F)C(F)(F)S(F)(F)(F)(F)F. The van der Waals surface area contributed by atoms with Crippen LogP contribution in [0, 0.1) is 0 Å². The molecule has 0 amide bonds. The lowest BCUT2D eigenvalue weighted by Crippen LogP contribution is -2.79. The molecular weight excluding hydrogens is 907 g/mol. The van der Waals surface area contributed by atoms with E-state index in [1.165, 1.54) is 0 Å². The first-order valence-electron chi connectivity index (χ1n) is 10.2. The van der Waals surface area contributed by atoms with Crippen LogP contribution >= 0.6 is 10.2 Å². The van der Waals surface area contributed by atoms with Gasteiger partial charge in [-0.05, 0) is 0 Å². The van der Waals surface area contributed by atoms with Crippen LogP contribution in [0.2, 0.25) is 0 Å². The quantitative estimate of drug-likeness (QED) is 0.132. The second-order valence-corrected chi connectivity index (χ2v) is 13.3. The van der Waals surface area contributed by atoms with Crippen molar-refractivity contribution in [2.75, 3.05) is 0 Å². The van der Waals surface area contributed by atoms with Crippen molar-refractivity contribution in [2.45, 2.75) is 81.6 Å². The zero-order valence-corrected chi connectivity index (χ0v) is 23.2. The van der Waals surface area contributed by atoms with Gasteiger partial charge in [-0.15, -0.1) is 0 Å². The van der Waals surface area contributed by atoms with E-state index in [0.29, 0.717) is 0 Å². The van der Waals surface area contributed by atoms with Gasteiger partial charge in [0.25, 0.3) is 0 Å². The van der Waals surface area contributed by atoms with Gasteiger partial charge in [-0.1, -0.05) is 19.4 Å². The van der Waals surface area contributed by atoms with E-state index in [0.717, 1.165) is 0 Å². The number of hydrogen-bond acceptors (Lipinski definition) is 2. The normalized spacial score (nSPS) is 18.7. The minimum absolute atomic E-state index is 7.72. The van der Waals surface area contributed by atoms with Crippen molar-refractivity contribution in [1.29, 1.82) is 0 Å². The van der Waals surface area contributed by atoms with Gasteiger partial charge in [-0.25, -0.2) is 0 Å². The van der Waals surface area contributed by atoms with Crippen LogP contribution in [0.4, 0.5) is 142 Å². The number of halogens is 33. The van der Waals surface area contributed by atoms with Gasteiger partial charge < -0.3 is 0 Å². The van der Waals surface area contributed by atoms with Crippen LogP contribution in [0.5, 0.6) is 0 Å². The fourth-order valence-corrected chi connectivity index (χ4v) is 3.81. The molecule has 1 N–H and O–H groups in total. The molecule has 0 aliphatic carbocycles. The molecule has 0 heterocycles. The van der Waals surface area contributed by atoms with Crippen LogP contribution in [0.1, 0.15) is 0 Å². The van der Waals surface area contributed by atoms with Crippen molar-refractivity contribution in [3.63, 3.8) is 0 Å². The van der Waals surface area contributed by atoms with Crippen LogP contribution in [-0.4, -0.2) is 94.6 Å². The monoisotopic (exact) mass is 908 g/mol. The van der Waals surface area contributed by atoms with Gasteiger partial charge in [-0.2, -0.15) is 131 Å². The van der Waals surface area contributed by atoms with E-state index in [9.17, 15) is 151 Å². The van der Waals surface area contributed by atoms with Gasteiger partial charge in [0, 0.05) is 0 Å². The van der Waals surface area contributed by atoms with Crippen molar-refractivity contribution in [1.82, 2.24) is 0 Å². The first-order valence-corrected chi connectivity index (χ1v) is 13.6. The molecule has 0 unspecified atom stereocenters. The third kappa shape index (κ3) is 5.47. The lowest BCUT2D eigenvalue weighted by Gasteiger charge is -2.51. The second kappa shape index (κ2) is 10.6. The van der Waals surface area contributed by atoms with Gasteiger partial charge in [0.05, 0.1) is 0 Å². The van der Waals surface area contributed by atoms with E-state index in [4.69, 9.17) is 4.55 Å². The van der Waals surface area contributed by atoms with Crippen molar-refractivity contribution < 1.29 is 155 Å². The molecule has 38 heteroatoms. The molecule has 0 fully saturated rings. The molecule has 0 saturated heterocycles. The second-order valence-electron chi connectivity index (χ2n) is 9.37. The zero-order chi connectivity index (χ0) is 43.9. The summed E-state index contributed by atoms with van der Waals surface area (Å²) in [5, 5.41) is -18.7. The standard InChI is InChI=1S/C14HF33O3S2/c15-1(16,3(19,20)5(23,24)7(27,28)9(31,32)11(35,36)13(39,40)51(48,49)50)2(17,18)4(21,22)6(25,26)8(29,30)10(33,34)12(37,38)14(41,42)52(43,44,45,46)47/h(H,48,49,50). The molecule has 0 aliphatic rings. The van der Waals surface area contributed by atoms with Crippen molar-refractivity contribution in [3.8, 4) is 0 Å². The Morgan fingerprint density at radius 2 is 0.423 bits per heavy atom. The fraction of sp³-hybridized carbons (Fsp3) is 1.00. The fourth-order valence-electron chi connectivity index (χ4n) is 2.74. The highest BCUT2D eigenvalue weighted by molar-refractivity contribution is 8.46. The van der Waals surface area contributed by atoms with E-state index < -0.39 is 102 Å². The molecule has 0 saturated carbocycles. The summed E-state index contributed by atoms with van der Waals surface area (Å²) in [6, 6.07) is 0. The average molecular weight is 908 g/mol. The molecule has 0 radical (unpaired) electrons. The summed E-state index contributed by atoms with van der Waals surface area (Å²) >= 11 is 0. The van der Waals surface area contributed by atoms with Gasteiger partial charge in [-0.3, -0.25) is 4.55 Å². The minimum Gasteiger partial charge on any atom is -0.281 e. The summed E-state index contributed by atoms with van der Waals surface area (Å²) in [6.07, 6.45) is 0. The predicted octanol–water partition coefficient (Wildman–Crippen LogP) is 11.0. The van der Waals surface area contributed by atoms with Crippen LogP contribution in [0.3, 0.4) is 0 Å². The summed E-state index contributed by atoms with van der Waals surface area (Å²) in [4.78, 5) is 0. The highest BCUT2D eigenvalue weighted by atomic mass is 32.5. The van der Waals surface area contributed by atoms with E-state index in [1.54, 1.807) is 0 Å². The lowest BCUT2D eigenvalue weighted by atomic mass is 9.84. The van der Waals surface area contributed by atoms with E-state index in [2.05, 4.69) is 0 Å². The van der Waals surface area contributed by atoms with Crippen LogP contribution in [0.25, 0.3) is 0 Å². The molecule has 318 valence electrons. The molecule has 0 atom stereocenters. The van der Waals surface area contributed by atoms with Gasteiger partial charge in [0.2, 0.25) is 0 Å². The molecule has 0 aromatic carbocycles. The topological polar surface area (TPSA) is 54.4 Å². The maximum atomic E-state index is 13.7. The summed E-state index contributed by atoms with van der Waals surface area (Å²) in [5.74, 6) is -121. The minimum atomic E-state index is -14.0. The average Bonchev–Trinajstić information content (AvgIpc) is 2.84. The number of rotatable bonds is 15. The Morgan fingerprint density at radius 3 is 0.558 bits per heavy atom. The third-order valence-electron chi connectivity index (χ3n) is 5.88. The zero-order valence-electron chi connectivity index (χ0n) is 21.6. The maximum Gasteiger partial charge on any atom is 0.450 e. The Balaban J connectivity index is 7.84. The first-order chi connectivity index (χ1) is 21.2. The predicted molar refractivity (Wildman–Crippen MR) is 93.9 cm³/mol. The Morgan fingerprint density at radius 1 is 0.288 bits per heavy atom. The molecule has 0 spiro atoms. The van der Waals surface area contributed by atoms with Crippen LogP contribution in [0.15, 0.2) is 0 Å². The first kappa shape index (κ1) is 49.9. The summed E-state index contributed by atoms with van der Waals surface area (Å²) in [7, 11) is -22.4. The van der Waals surface area contributed by atoms with Gasteiger partial charge in [0.15, 0.2) is 0 Å². The molecular formula is C14HF33O3S2. The van der Waals surface area contributed by atoms with Crippen molar-refractivity contribution >= 4 is 20.3 Å². The summed E-state index contributed by atoms with van der Waals surface area (Å²) < 4.78 is 465. The molecule has 0 aliphatic heterocycles. The van der Waals surface area contributed by atoms with Crippen LogP contribution < -0.4 is 0 Å². The summed E-state index contributed by atoms with van der Waals surface area (Å²) in [6.45, 7) is 0. The summed E-state index contributed by atoms with van der Waals surface area (Å²) in [5.41, 5.74) is 0. The molecule has 0 rings (SSSR count). The molecule has 0 aromatic rings. The lowest BCUT2D eigenvalue weighted by molar-refractivity contribution is -0.483. The van der Waals surface area contributed by atoms with Gasteiger partial charge in [0.1, 0.15) is 0 Å². The number of alkyl halides is 28. The number of hydrogen-bond donors (Lipinski definition) is 1. The third-order valence-corrected chi connectivity index (χ3v) is 8.01. The Bertz CT molecular complexity index is 1500. The molecule has 3 nitrogen and oxygen atoms in total. The Hall–Kier alpha value is -2.05. The van der Waals surface area contributed by atoms with Crippen molar-refractivity contribution in [2.24, 2.45) is 0 Å². The maximum absolute atomic E-state index is 14.0.